The predicted molar refractivity (Wildman–Crippen MR) is 91.1 cm³/mol. The van der Waals surface area contributed by atoms with Crippen molar-refractivity contribution >= 4 is 5.91 Å². The van der Waals surface area contributed by atoms with Crippen molar-refractivity contribution in [2.45, 2.75) is 26.8 Å². The number of halogens is 1. The maximum Gasteiger partial charge on any atom is 0.251 e. The second-order valence-electron chi connectivity index (χ2n) is 5.27. The summed E-state index contributed by atoms with van der Waals surface area (Å²) >= 11 is 0. The normalized spacial score (nSPS) is 11.7. The third-order valence-corrected chi connectivity index (χ3v) is 3.52. The van der Waals surface area contributed by atoms with Gasteiger partial charge in [-0.3, -0.25) is 4.79 Å². The first-order valence-corrected chi connectivity index (χ1v) is 8.01. The summed E-state index contributed by atoms with van der Waals surface area (Å²) in [5.41, 5.74) is 1.32. The average molecular weight is 331 g/mol. The fraction of sp³-hybridized carbons (Fsp3) is 0.316. The predicted octanol–water partition coefficient (Wildman–Crippen LogP) is 4.11. The standard InChI is InChI=1S/C19H22FNO3/c1-4-23-17-11-8-15(12-18(17)24-5-2)13(3)21-19(22)14-6-9-16(20)10-7-14/h6-13H,4-5H2,1-3H3,(H,21,22)/t13-/m1/s1. The van der Waals surface area contributed by atoms with Crippen LogP contribution in [0.2, 0.25) is 0 Å². The van der Waals surface area contributed by atoms with Crippen LogP contribution in [-0.2, 0) is 0 Å². The van der Waals surface area contributed by atoms with E-state index < -0.39 is 0 Å². The summed E-state index contributed by atoms with van der Waals surface area (Å²) in [5.74, 6) is 0.710. The van der Waals surface area contributed by atoms with Gasteiger partial charge in [0.1, 0.15) is 5.82 Å². The third-order valence-electron chi connectivity index (χ3n) is 3.52. The van der Waals surface area contributed by atoms with E-state index in [0.717, 1.165) is 5.56 Å². The quantitative estimate of drug-likeness (QED) is 0.830. The fourth-order valence-electron chi connectivity index (χ4n) is 2.30. The fourth-order valence-corrected chi connectivity index (χ4v) is 2.30. The molecule has 0 radical (unpaired) electrons. The van der Waals surface area contributed by atoms with E-state index in [4.69, 9.17) is 9.47 Å². The highest BCUT2D eigenvalue weighted by atomic mass is 19.1. The zero-order valence-corrected chi connectivity index (χ0v) is 14.1. The largest absolute Gasteiger partial charge is 0.490 e. The molecule has 0 unspecified atom stereocenters. The van der Waals surface area contributed by atoms with E-state index in [1.54, 1.807) is 0 Å². The van der Waals surface area contributed by atoms with Crippen molar-refractivity contribution in [1.29, 1.82) is 0 Å². The van der Waals surface area contributed by atoms with Crippen molar-refractivity contribution in [2.24, 2.45) is 0 Å². The molecular formula is C19H22FNO3. The molecule has 0 fully saturated rings. The molecule has 0 aliphatic carbocycles. The first-order chi connectivity index (χ1) is 11.5. The molecule has 0 spiro atoms. The monoisotopic (exact) mass is 331 g/mol. The molecule has 0 aromatic heterocycles. The lowest BCUT2D eigenvalue weighted by Crippen LogP contribution is -2.26. The number of amides is 1. The summed E-state index contributed by atoms with van der Waals surface area (Å²) < 4.78 is 24.1. The molecule has 1 N–H and O–H groups in total. The van der Waals surface area contributed by atoms with E-state index in [9.17, 15) is 9.18 Å². The second-order valence-corrected chi connectivity index (χ2v) is 5.27. The molecule has 2 rings (SSSR count). The van der Waals surface area contributed by atoms with Crippen LogP contribution in [0, 0.1) is 5.82 Å². The first-order valence-electron chi connectivity index (χ1n) is 8.01. The van der Waals surface area contributed by atoms with Crippen LogP contribution in [0.3, 0.4) is 0 Å². The Hall–Kier alpha value is -2.56. The molecule has 0 bridgehead atoms. The Kier molecular flexibility index (Phi) is 6.18. The minimum atomic E-state index is -0.368. The van der Waals surface area contributed by atoms with Crippen LogP contribution < -0.4 is 14.8 Å². The molecule has 0 heterocycles. The number of ether oxygens (including phenoxy) is 2. The number of carbonyl (C=O) groups excluding carboxylic acids is 1. The lowest BCUT2D eigenvalue weighted by molar-refractivity contribution is 0.0939. The van der Waals surface area contributed by atoms with Crippen molar-refractivity contribution in [3.63, 3.8) is 0 Å². The summed E-state index contributed by atoms with van der Waals surface area (Å²) in [6, 6.07) is 10.8. The minimum absolute atomic E-state index is 0.225. The van der Waals surface area contributed by atoms with Crippen molar-refractivity contribution in [3.8, 4) is 11.5 Å². The van der Waals surface area contributed by atoms with Gasteiger partial charge in [-0.1, -0.05) is 6.07 Å². The highest BCUT2D eigenvalue weighted by Crippen LogP contribution is 2.30. The van der Waals surface area contributed by atoms with Gasteiger partial charge in [-0.05, 0) is 62.7 Å². The summed E-state index contributed by atoms with van der Waals surface area (Å²) in [7, 11) is 0. The average Bonchev–Trinajstić information content (AvgIpc) is 2.57. The molecule has 128 valence electrons. The molecule has 1 atom stereocenters. The molecule has 1 amide bonds. The van der Waals surface area contributed by atoms with Crippen molar-refractivity contribution in [2.75, 3.05) is 13.2 Å². The zero-order chi connectivity index (χ0) is 17.5. The summed E-state index contributed by atoms with van der Waals surface area (Å²) in [4.78, 5) is 12.2. The Morgan fingerprint density at radius 2 is 1.67 bits per heavy atom. The minimum Gasteiger partial charge on any atom is -0.490 e. The Balaban J connectivity index is 2.13. The summed E-state index contributed by atoms with van der Waals surface area (Å²) in [5, 5.41) is 2.89. The zero-order valence-electron chi connectivity index (χ0n) is 14.1. The lowest BCUT2D eigenvalue weighted by atomic mass is 10.1. The molecule has 0 saturated heterocycles. The van der Waals surface area contributed by atoms with Crippen LogP contribution in [-0.4, -0.2) is 19.1 Å². The maximum absolute atomic E-state index is 12.9. The maximum atomic E-state index is 12.9. The topological polar surface area (TPSA) is 47.6 Å². The lowest BCUT2D eigenvalue weighted by Gasteiger charge is -2.17. The van der Waals surface area contributed by atoms with Gasteiger partial charge in [0.25, 0.3) is 5.91 Å². The van der Waals surface area contributed by atoms with Gasteiger partial charge in [0.15, 0.2) is 11.5 Å². The van der Waals surface area contributed by atoms with E-state index in [0.29, 0.717) is 30.3 Å². The Bertz CT molecular complexity index is 686. The van der Waals surface area contributed by atoms with E-state index in [2.05, 4.69) is 5.32 Å². The molecule has 24 heavy (non-hydrogen) atoms. The molecule has 2 aromatic rings. The van der Waals surface area contributed by atoms with E-state index in [-0.39, 0.29) is 17.8 Å². The number of hydrogen-bond donors (Lipinski definition) is 1. The van der Waals surface area contributed by atoms with Crippen molar-refractivity contribution in [3.05, 3.63) is 59.4 Å². The molecule has 0 aliphatic rings. The van der Waals surface area contributed by atoms with Crippen LogP contribution >= 0.6 is 0 Å². The van der Waals surface area contributed by atoms with Gasteiger partial charge in [-0.2, -0.15) is 0 Å². The van der Waals surface area contributed by atoms with Gasteiger partial charge >= 0.3 is 0 Å². The van der Waals surface area contributed by atoms with Gasteiger partial charge in [0, 0.05) is 5.56 Å². The van der Waals surface area contributed by atoms with Crippen LogP contribution in [0.5, 0.6) is 11.5 Å². The van der Waals surface area contributed by atoms with E-state index >= 15 is 0 Å². The molecule has 2 aromatic carbocycles. The smallest absolute Gasteiger partial charge is 0.251 e. The number of nitrogens with one attached hydrogen (secondary N) is 1. The Labute approximate surface area is 141 Å². The van der Waals surface area contributed by atoms with Crippen LogP contribution in [0.1, 0.15) is 42.7 Å². The number of carbonyl (C=O) groups is 1. The molecule has 4 nitrogen and oxygen atoms in total. The van der Waals surface area contributed by atoms with E-state index in [1.807, 2.05) is 39.0 Å². The van der Waals surface area contributed by atoms with Crippen LogP contribution in [0.25, 0.3) is 0 Å². The number of rotatable bonds is 7. The van der Waals surface area contributed by atoms with Gasteiger partial charge in [-0.15, -0.1) is 0 Å². The molecule has 5 heteroatoms. The summed E-state index contributed by atoms with van der Waals surface area (Å²) in [6.45, 7) is 6.78. The Morgan fingerprint density at radius 3 is 2.29 bits per heavy atom. The van der Waals surface area contributed by atoms with Gasteiger partial charge < -0.3 is 14.8 Å². The first kappa shape index (κ1) is 17.8. The van der Waals surface area contributed by atoms with Gasteiger partial charge in [-0.25, -0.2) is 4.39 Å². The molecular weight excluding hydrogens is 309 g/mol. The summed E-state index contributed by atoms with van der Waals surface area (Å²) in [6.07, 6.45) is 0. The Morgan fingerprint density at radius 1 is 1.04 bits per heavy atom. The highest BCUT2D eigenvalue weighted by Gasteiger charge is 2.14. The number of benzene rings is 2. The number of hydrogen-bond acceptors (Lipinski definition) is 3. The van der Waals surface area contributed by atoms with E-state index in [1.165, 1.54) is 24.3 Å². The van der Waals surface area contributed by atoms with Gasteiger partial charge in [0.05, 0.1) is 19.3 Å². The molecule has 0 aliphatic heterocycles. The van der Waals surface area contributed by atoms with Crippen LogP contribution in [0.4, 0.5) is 4.39 Å². The molecule has 0 saturated carbocycles. The highest BCUT2D eigenvalue weighted by molar-refractivity contribution is 5.94. The second kappa shape index (κ2) is 8.34. The van der Waals surface area contributed by atoms with Gasteiger partial charge in [0.2, 0.25) is 0 Å². The van der Waals surface area contributed by atoms with Crippen molar-refractivity contribution < 1.29 is 18.7 Å². The van der Waals surface area contributed by atoms with Crippen LogP contribution in [0.15, 0.2) is 42.5 Å². The third kappa shape index (κ3) is 4.47. The van der Waals surface area contributed by atoms with Crippen molar-refractivity contribution in [1.82, 2.24) is 5.32 Å². The SMILES string of the molecule is CCOc1ccc([C@@H](C)NC(=O)c2ccc(F)cc2)cc1OCC.